The van der Waals surface area contributed by atoms with Crippen LogP contribution in [0.1, 0.15) is 55.0 Å². The van der Waals surface area contributed by atoms with Gasteiger partial charge >= 0.3 is 5.97 Å². The number of fused-ring (bicyclic) bond motifs is 2. The van der Waals surface area contributed by atoms with Crippen molar-refractivity contribution >= 4 is 11.8 Å². The van der Waals surface area contributed by atoms with Crippen LogP contribution in [0.4, 0.5) is 0 Å². The summed E-state index contributed by atoms with van der Waals surface area (Å²) in [5.41, 5.74) is 1.10. The molecule has 0 saturated carbocycles. The Morgan fingerprint density at radius 3 is 2.79 bits per heavy atom. The fraction of sp³-hybridized carbons (Fsp3) is 0.600. The average Bonchev–Trinajstić information content (AvgIpc) is 2.84. The number of furan rings is 1. The second kappa shape index (κ2) is 4.22. The molecule has 0 aromatic carbocycles. The molecule has 1 fully saturated rings. The van der Waals surface area contributed by atoms with Crippen molar-refractivity contribution in [3.63, 3.8) is 0 Å². The predicted octanol–water partition coefficient (Wildman–Crippen LogP) is 2.71. The summed E-state index contributed by atoms with van der Waals surface area (Å²) in [4.78, 5) is 23.1. The maximum absolute atomic E-state index is 11.7. The summed E-state index contributed by atoms with van der Waals surface area (Å²) in [6.07, 6.45) is 1.48. The molecule has 0 amide bonds. The van der Waals surface area contributed by atoms with E-state index >= 15 is 0 Å². The molecule has 0 spiro atoms. The van der Waals surface area contributed by atoms with E-state index in [4.69, 9.17) is 9.15 Å². The molecule has 1 unspecified atom stereocenters. The van der Waals surface area contributed by atoms with Gasteiger partial charge in [0.1, 0.15) is 11.9 Å². The van der Waals surface area contributed by atoms with Crippen molar-refractivity contribution in [1.29, 1.82) is 0 Å². The van der Waals surface area contributed by atoms with Crippen molar-refractivity contribution < 1.29 is 18.7 Å². The summed E-state index contributed by atoms with van der Waals surface area (Å²) in [5, 5.41) is 0. The Hall–Kier alpha value is -1.58. The number of Topliss-reactive ketones (excluding diaryl/α,β-unsaturated/α-hetero) is 1. The third-order valence-corrected chi connectivity index (χ3v) is 4.49. The van der Waals surface area contributed by atoms with Gasteiger partial charge in [-0.1, -0.05) is 13.8 Å². The summed E-state index contributed by atoms with van der Waals surface area (Å²) >= 11 is 0. The fourth-order valence-electron chi connectivity index (χ4n) is 3.25. The van der Waals surface area contributed by atoms with E-state index in [1.807, 2.05) is 13.0 Å². The van der Waals surface area contributed by atoms with E-state index in [1.54, 1.807) is 0 Å². The highest BCUT2D eigenvalue weighted by Gasteiger charge is 2.45. The lowest BCUT2D eigenvalue weighted by molar-refractivity contribution is -0.144. The molecular weight excluding hydrogens is 244 g/mol. The Kier molecular flexibility index (Phi) is 2.77. The van der Waals surface area contributed by atoms with Gasteiger partial charge in [-0.15, -0.1) is 0 Å². The van der Waals surface area contributed by atoms with Crippen LogP contribution >= 0.6 is 0 Å². The summed E-state index contributed by atoms with van der Waals surface area (Å²) in [6, 6.07) is 1.86. The molecule has 2 heterocycles. The van der Waals surface area contributed by atoms with Gasteiger partial charge in [0.15, 0.2) is 11.5 Å². The highest BCUT2D eigenvalue weighted by atomic mass is 16.6. The molecule has 1 saturated heterocycles. The normalized spacial score (nSPS) is 33.3. The minimum absolute atomic E-state index is 0.0131. The highest BCUT2D eigenvalue weighted by molar-refractivity contribution is 5.91. The van der Waals surface area contributed by atoms with Crippen LogP contribution in [0.15, 0.2) is 10.5 Å². The first-order chi connectivity index (χ1) is 8.97. The molecule has 1 aliphatic heterocycles. The molecular formula is C15H18O4. The molecule has 4 heteroatoms. The molecule has 3 rings (SSSR count). The van der Waals surface area contributed by atoms with Gasteiger partial charge in [0, 0.05) is 19.3 Å². The lowest BCUT2D eigenvalue weighted by atomic mass is 9.87. The van der Waals surface area contributed by atoms with Gasteiger partial charge in [0.25, 0.3) is 0 Å². The number of ether oxygens (including phenoxy) is 1. The summed E-state index contributed by atoms with van der Waals surface area (Å²) in [7, 11) is 0. The van der Waals surface area contributed by atoms with E-state index in [-0.39, 0.29) is 35.6 Å². The minimum Gasteiger partial charge on any atom is -0.462 e. The highest BCUT2D eigenvalue weighted by Crippen LogP contribution is 2.42. The zero-order valence-corrected chi connectivity index (χ0v) is 11.4. The van der Waals surface area contributed by atoms with Crippen molar-refractivity contribution in [2.24, 2.45) is 11.8 Å². The van der Waals surface area contributed by atoms with Gasteiger partial charge in [-0.3, -0.25) is 9.59 Å². The van der Waals surface area contributed by atoms with Crippen molar-refractivity contribution in [1.82, 2.24) is 0 Å². The van der Waals surface area contributed by atoms with E-state index < -0.39 is 0 Å². The number of carbonyl (C=O) groups is 2. The van der Waals surface area contributed by atoms with Crippen LogP contribution in [0.2, 0.25) is 0 Å². The number of hydrogen-bond donors (Lipinski definition) is 0. The van der Waals surface area contributed by atoms with E-state index in [9.17, 15) is 9.59 Å². The molecule has 4 atom stereocenters. The molecule has 19 heavy (non-hydrogen) atoms. The van der Waals surface area contributed by atoms with Crippen LogP contribution in [0.5, 0.6) is 0 Å². The molecule has 1 aromatic rings. The lowest BCUT2D eigenvalue weighted by Crippen LogP contribution is -2.20. The molecule has 0 bridgehead atoms. The first-order valence-corrected chi connectivity index (χ1v) is 6.81. The SMILES string of the molecule is CC(=O)c1cc2c(o1)C[C@@H]1C(C)C(=O)O[C@H]1C[C@@H]2C. The van der Waals surface area contributed by atoms with Crippen LogP contribution in [-0.2, 0) is 16.0 Å². The number of rotatable bonds is 1. The Morgan fingerprint density at radius 2 is 2.11 bits per heavy atom. The summed E-state index contributed by atoms with van der Waals surface area (Å²) in [6.45, 7) is 5.52. The van der Waals surface area contributed by atoms with Crippen LogP contribution < -0.4 is 0 Å². The molecule has 1 aliphatic carbocycles. The summed E-state index contributed by atoms with van der Waals surface area (Å²) in [5.74, 6) is 1.45. The van der Waals surface area contributed by atoms with Gasteiger partial charge < -0.3 is 9.15 Å². The quantitative estimate of drug-likeness (QED) is 0.577. The molecule has 0 radical (unpaired) electrons. The third kappa shape index (κ3) is 1.90. The second-order valence-electron chi connectivity index (χ2n) is 5.81. The lowest BCUT2D eigenvalue weighted by Gasteiger charge is -2.17. The fourth-order valence-corrected chi connectivity index (χ4v) is 3.25. The van der Waals surface area contributed by atoms with Gasteiger partial charge in [0.2, 0.25) is 0 Å². The van der Waals surface area contributed by atoms with Crippen molar-refractivity contribution in [3.05, 3.63) is 23.2 Å². The zero-order valence-electron chi connectivity index (χ0n) is 11.4. The van der Waals surface area contributed by atoms with E-state index in [0.29, 0.717) is 12.2 Å². The standard InChI is InChI=1S/C15H18O4/c1-7-4-13-11(8(2)15(17)19-13)6-14-10(7)5-12(18-14)9(3)16/h5,7-8,11,13H,4,6H2,1-3H3/t7-,8?,11+,13-/m0/s1. The summed E-state index contributed by atoms with van der Waals surface area (Å²) < 4.78 is 11.2. The van der Waals surface area contributed by atoms with Gasteiger partial charge in [-0.05, 0) is 24.0 Å². The van der Waals surface area contributed by atoms with Crippen molar-refractivity contribution in [2.45, 2.75) is 45.6 Å². The average molecular weight is 262 g/mol. The van der Waals surface area contributed by atoms with E-state index in [2.05, 4.69) is 6.92 Å². The maximum Gasteiger partial charge on any atom is 0.309 e. The first kappa shape index (κ1) is 12.5. The van der Waals surface area contributed by atoms with E-state index in [1.165, 1.54) is 6.92 Å². The predicted molar refractivity (Wildman–Crippen MR) is 68.0 cm³/mol. The zero-order chi connectivity index (χ0) is 13.7. The van der Waals surface area contributed by atoms with Gasteiger partial charge in [0.05, 0.1) is 5.92 Å². The Morgan fingerprint density at radius 1 is 1.37 bits per heavy atom. The maximum atomic E-state index is 11.7. The van der Waals surface area contributed by atoms with Crippen molar-refractivity contribution in [3.8, 4) is 0 Å². The third-order valence-electron chi connectivity index (χ3n) is 4.49. The molecule has 0 N–H and O–H groups in total. The largest absolute Gasteiger partial charge is 0.462 e. The van der Waals surface area contributed by atoms with Crippen LogP contribution in [0.3, 0.4) is 0 Å². The Bertz CT molecular complexity index is 542. The van der Waals surface area contributed by atoms with Crippen molar-refractivity contribution in [2.75, 3.05) is 0 Å². The smallest absolute Gasteiger partial charge is 0.309 e. The number of esters is 1. The molecule has 102 valence electrons. The number of ketones is 1. The molecule has 1 aromatic heterocycles. The minimum atomic E-state index is -0.107. The van der Waals surface area contributed by atoms with Crippen LogP contribution in [-0.4, -0.2) is 17.9 Å². The number of carbonyl (C=O) groups excluding carboxylic acids is 2. The molecule has 2 aliphatic rings. The van der Waals surface area contributed by atoms with Crippen LogP contribution in [0.25, 0.3) is 0 Å². The monoisotopic (exact) mass is 262 g/mol. The van der Waals surface area contributed by atoms with Gasteiger partial charge in [-0.25, -0.2) is 0 Å². The Labute approximate surface area is 112 Å². The van der Waals surface area contributed by atoms with E-state index in [0.717, 1.165) is 17.7 Å². The second-order valence-corrected chi connectivity index (χ2v) is 5.81. The first-order valence-electron chi connectivity index (χ1n) is 6.81. The topological polar surface area (TPSA) is 56.5 Å². The van der Waals surface area contributed by atoms with Crippen LogP contribution in [0, 0.1) is 11.8 Å². The Balaban J connectivity index is 1.98. The van der Waals surface area contributed by atoms with Gasteiger partial charge in [-0.2, -0.15) is 0 Å². The number of hydrogen-bond acceptors (Lipinski definition) is 4. The molecule has 4 nitrogen and oxygen atoms in total.